The average Bonchev–Trinajstić information content (AvgIpc) is 3.24. The lowest BCUT2D eigenvalue weighted by Crippen LogP contribution is -2.43. The van der Waals surface area contributed by atoms with Crippen molar-refractivity contribution >= 4 is 25.7 Å². The Morgan fingerprint density at radius 3 is 1.46 bits per heavy atom. The molecule has 0 rings (SSSR count). The van der Waals surface area contributed by atoms with Crippen molar-refractivity contribution in [2.45, 2.75) is 187 Å². The predicted molar refractivity (Wildman–Crippen MR) is 249 cm³/mol. The molecular weight excluding hydrogens is 794 g/mol. The van der Waals surface area contributed by atoms with Gasteiger partial charge in [-0.15, -0.1) is 0 Å². The molecule has 12 heteroatoms. The fourth-order valence-corrected chi connectivity index (χ4v) is 6.61. The normalized spacial score (nSPS) is 14.4. The first-order valence-electron chi connectivity index (χ1n) is 23.1. The van der Waals surface area contributed by atoms with E-state index in [2.05, 4.69) is 104 Å². The van der Waals surface area contributed by atoms with Crippen molar-refractivity contribution in [2.75, 3.05) is 19.8 Å². The van der Waals surface area contributed by atoms with Crippen molar-refractivity contribution in [1.29, 1.82) is 0 Å². The number of esters is 1. The zero-order valence-corrected chi connectivity index (χ0v) is 38.6. The fraction of sp³-hybridized carbons (Fsp3) is 0.653. The molecule has 3 unspecified atom stereocenters. The summed E-state index contributed by atoms with van der Waals surface area (Å²) in [7, 11) is -4.78. The molecule has 0 aliphatic rings. The van der Waals surface area contributed by atoms with Crippen molar-refractivity contribution in [2.24, 2.45) is 0 Å². The largest absolute Gasteiger partial charge is 0.480 e. The summed E-state index contributed by atoms with van der Waals surface area (Å²) in [6.45, 7) is 2.42. The zero-order valence-electron chi connectivity index (χ0n) is 37.7. The minimum absolute atomic E-state index is 0.129. The van der Waals surface area contributed by atoms with Gasteiger partial charge in [-0.05, 0) is 89.9 Å². The molecule has 0 aliphatic heterocycles. The number of carbonyl (C=O) groups is 3. The number of hydrogen-bond acceptors (Lipinski definition) is 8. The number of aliphatic carboxylic acids is 1. The van der Waals surface area contributed by atoms with Crippen molar-refractivity contribution in [3.05, 3.63) is 85.1 Å². The molecule has 0 aromatic heterocycles. The van der Waals surface area contributed by atoms with Crippen LogP contribution in [0.1, 0.15) is 174 Å². The SMILES string of the molecule is CC/C=C\C/C=C\C/C=C\C/C=C\C/C=C\C/C=C\CCCCC(=O)OCC(O)COP(=O)(O)OCC(NC(=O)CCCCCCC/C=C\CCCCCCCCC)C(=O)O. The number of phosphoric acid groups is 1. The highest BCUT2D eigenvalue weighted by molar-refractivity contribution is 7.47. The Labute approximate surface area is 369 Å². The Morgan fingerprint density at radius 2 is 0.951 bits per heavy atom. The van der Waals surface area contributed by atoms with E-state index in [9.17, 15) is 34.1 Å². The maximum Gasteiger partial charge on any atom is 0.472 e. The van der Waals surface area contributed by atoms with E-state index in [4.69, 9.17) is 13.8 Å². The second-order valence-corrected chi connectivity index (χ2v) is 16.7. The highest BCUT2D eigenvalue weighted by Gasteiger charge is 2.28. The molecule has 0 aliphatic carbocycles. The maximum atomic E-state index is 12.3. The number of carboxylic acid groups (broad SMARTS) is 1. The second-order valence-electron chi connectivity index (χ2n) is 15.2. The Bertz CT molecular complexity index is 1350. The Hall–Kier alpha value is -3.34. The lowest BCUT2D eigenvalue weighted by atomic mass is 10.1. The van der Waals surface area contributed by atoms with Gasteiger partial charge in [0.15, 0.2) is 6.04 Å². The number of allylic oxidation sites excluding steroid dienone is 14. The number of unbranched alkanes of at least 4 members (excludes halogenated alkanes) is 14. The summed E-state index contributed by atoms with van der Waals surface area (Å²) < 4.78 is 26.8. The summed E-state index contributed by atoms with van der Waals surface area (Å²) in [5.74, 6) is -2.44. The van der Waals surface area contributed by atoms with Crippen LogP contribution < -0.4 is 5.32 Å². The van der Waals surface area contributed by atoms with Gasteiger partial charge in [0.1, 0.15) is 12.7 Å². The summed E-state index contributed by atoms with van der Waals surface area (Å²) in [6.07, 6.45) is 53.2. The Morgan fingerprint density at radius 1 is 0.541 bits per heavy atom. The average molecular weight is 876 g/mol. The van der Waals surface area contributed by atoms with Gasteiger partial charge in [0.05, 0.1) is 13.2 Å². The summed E-state index contributed by atoms with van der Waals surface area (Å²) in [6, 6.07) is -1.56. The van der Waals surface area contributed by atoms with Crippen molar-refractivity contribution in [3.8, 4) is 0 Å². The molecule has 61 heavy (non-hydrogen) atoms. The molecule has 0 heterocycles. The minimum Gasteiger partial charge on any atom is -0.480 e. The number of rotatable bonds is 42. The first kappa shape index (κ1) is 57.7. The predicted octanol–water partition coefficient (Wildman–Crippen LogP) is 12.3. The number of aliphatic hydroxyl groups excluding tert-OH is 1. The minimum atomic E-state index is -4.78. The first-order chi connectivity index (χ1) is 29.6. The lowest BCUT2D eigenvalue weighted by molar-refractivity contribution is -0.147. The van der Waals surface area contributed by atoms with Crippen LogP contribution >= 0.6 is 7.82 Å². The molecule has 3 atom stereocenters. The Kier molecular flexibility index (Phi) is 40.9. The van der Waals surface area contributed by atoms with E-state index in [0.717, 1.165) is 89.9 Å². The van der Waals surface area contributed by atoms with Crippen LogP contribution in [0.5, 0.6) is 0 Å². The van der Waals surface area contributed by atoms with Crippen molar-refractivity contribution < 1.29 is 47.8 Å². The van der Waals surface area contributed by atoms with Crippen LogP contribution in [0, 0.1) is 0 Å². The van der Waals surface area contributed by atoms with Crippen LogP contribution in [0.2, 0.25) is 0 Å². The van der Waals surface area contributed by atoms with Crippen LogP contribution in [0.25, 0.3) is 0 Å². The van der Waals surface area contributed by atoms with Gasteiger partial charge in [0.25, 0.3) is 0 Å². The van der Waals surface area contributed by atoms with E-state index in [-0.39, 0.29) is 12.8 Å². The number of hydrogen-bond donors (Lipinski definition) is 4. The van der Waals surface area contributed by atoms with E-state index < -0.39 is 57.6 Å². The van der Waals surface area contributed by atoms with Gasteiger partial charge in [-0.1, -0.05) is 157 Å². The highest BCUT2D eigenvalue weighted by atomic mass is 31.2. The Balaban J connectivity index is 3.98. The maximum absolute atomic E-state index is 12.3. The quantitative estimate of drug-likeness (QED) is 0.0200. The standard InChI is InChI=1S/C49H82NO10P/c1-3-5-7-9-11-13-15-17-19-21-22-23-24-25-27-29-31-33-35-37-39-41-48(53)58-42-45(51)43-59-61(56,57)60-44-46(49(54)55)50-47(52)40-38-36-34-32-30-28-26-20-18-16-14-12-10-8-6-4-2/h5,7,11,13,17,19-20,22-23,25-27,31,33,45-46,51H,3-4,6,8-10,12,14-16,18,21,24,28-30,32,34-44H2,1-2H3,(H,50,52)(H,54,55)(H,56,57)/b7-5-,13-11-,19-17-,23-22-,26-20-,27-25-,33-31-. The highest BCUT2D eigenvalue weighted by Crippen LogP contribution is 2.43. The molecular formula is C49H82NO10P. The van der Waals surface area contributed by atoms with Crippen LogP contribution in [-0.2, 0) is 32.7 Å². The number of amides is 1. The number of ether oxygens (including phenoxy) is 1. The summed E-state index contributed by atoms with van der Waals surface area (Å²) >= 11 is 0. The third-order valence-corrected chi connectivity index (χ3v) is 10.4. The summed E-state index contributed by atoms with van der Waals surface area (Å²) in [5.41, 5.74) is 0. The van der Waals surface area contributed by atoms with Gasteiger partial charge in [0, 0.05) is 12.8 Å². The molecule has 4 N–H and O–H groups in total. The monoisotopic (exact) mass is 876 g/mol. The van der Waals surface area contributed by atoms with Gasteiger partial charge >= 0.3 is 19.8 Å². The van der Waals surface area contributed by atoms with Gasteiger partial charge in [-0.3, -0.25) is 18.6 Å². The first-order valence-corrected chi connectivity index (χ1v) is 24.6. The van der Waals surface area contributed by atoms with E-state index >= 15 is 0 Å². The molecule has 0 spiro atoms. The number of carboxylic acids is 1. The van der Waals surface area contributed by atoms with Crippen LogP contribution in [0.4, 0.5) is 0 Å². The van der Waals surface area contributed by atoms with Gasteiger partial charge in [0.2, 0.25) is 5.91 Å². The molecule has 0 aromatic rings. The van der Waals surface area contributed by atoms with Gasteiger partial charge in [-0.25, -0.2) is 9.36 Å². The van der Waals surface area contributed by atoms with E-state index in [1.54, 1.807) is 0 Å². The molecule has 0 radical (unpaired) electrons. The molecule has 0 saturated heterocycles. The van der Waals surface area contributed by atoms with E-state index in [1.165, 1.54) is 44.9 Å². The lowest BCUT2D eigenvalue weighted by Gasteiger charge is -2.18. The van der Waals surface area contributed by atoms with E-state index in [1.807, 2.05) is 0 Å². The molecule has 1 amide bonds. The summed E-state index contributed by atoms with van der Waals surface area (Å²) in [5, 5.41) is 21.8. The molecule has 11 nitrogen and oxygen atoms in total. The number of phosphoric ester groups is 1. The topological polar surface area (TPSA) is 169 Å². The van der Waals surface area contributed by atoms with E-state index in [0.29, 0.717) is 12.8 Å². The molecule has 0 fully saturated rings. The number of carbonyl (C=O) groups excluding carboxylic acids is 2. The molecule has 0 saturated carbocycles. The summed E-state index contributed by atoms with van der Waals surface area (Å²) in [4.78, 5) is 46.0. The van der Waals surface area contributed by atoms with Gasteiger partial charge in [-0.2, -0.15) is 0 Å². The van der Waals surface area contributed by atoms with Crippen LogP contribution in [0.3, 0.4) is 0 Å². The number of aliphatic hydroxyl groups is 1. The second kappa shape index (κ2) is 43.3. The third-order valence-electron chi connectivity index (χ3n) is 9.42. The molecule has 348 valence electrons. The van der Waals surface area contributed by atoms with Crippen LogP contribution in [-0.4, -0.2) is 64.9 Å². The molecule has 0 aromatic carbocycles. The number of nitrogens with one attached hydrogen (secondary N) is 1. The van der Waals surface area contributed by atoms with Crippen molar-refractivity contribution in [3.63, 3.8) is 0 Å². The molecule has 0 bridgehead atoms. The fourth-order valence-electron chi connectivity index (χ4n) is 5.84. The smallest absolute Gasteiger partial charge is 0.472 e. The van der Waals surface area contributed by atoms with Crippen molar-refractivity contribution in [1.82, 2.24) is 5.32 Å². The third kappa shape index (κ3) is 43.1. The van der Waals surface area contributed by atoms with Gasteiger partial charge < -0.3 is 25.2 Å². The van der Waals surface area contributed by atoms with Crippen LogP contribution in [0.15, 0.2) is 85.1 Å². The zero-order chi connectivity index (χ0) is 44.9.